The Kier molecular flexibility index (Phi) is 5.98. The fraction of sp³-hybridized carbons (Fsp3) is 0.348. The van der Waals surface area contributed by atoms with Gasteiger partial charge in [0.25, 0.3) is 0 Å². The van der Waals surface area contributed by atoms with E-state index in [9.17, 15) is 4.79 Å². The molecule has 1 fully saturated rings. The average molecular weight is 396 g/mol. The number of amides is 1. The van der Waals surface area contributed by atoms with Crippen LogP contribution < -0.4 is 5.32 Å². The number of hydrogen-bond acceptors (Lipinski definition) is 2. The maximum atomic E-state index is 12.7. The lowest BCUT2D eigenvalue weighted by Gasteiger charge is -2.19. The molecule has 4 rings (SSSR count). The van der Waals surface area contributed by atoms with Gasteiger partial charge < -0.3 is 15.2 Å². The number of hydrogen-bond donors (Lipinski definition) is 2. The lowest BCUT2D eigenvalue weighted by atomic mass is 9.88. The molecule has 2 heterocycles. The largest absolute Gasteiger partial charge is 0.361 e. The van der Waals surface area contributed by atoms with Gasteiger partial charge in [0.15, 0.2) is 0 Å². The van der Waals surface area contributed by atoms with Crippen molar-refractivity contribution in [3.63, 3.8) is 0 Å². The average Bonchev–Trinajstić information content (AvgIpc) is 3.37. The van der Waals surface area contributed by atoms with Crippen molar-refractivity contribution < 1.29 is 4.79 Å². The Bertz CT molecular complexity index is 928. The molecule has 1 aliphatic heterocycles. The number of nitrogens with zero attached hydrogens (tertiary/aromatic N) is 1. The summed E-state index contributed by atoms with van der Waals surface area (Å²) in [6, 6.07) is 16.1. The van der Waals surface area contributed by atoms with E-state index in [0.717, 1.165) is 41.7 Å². The number of carbonyl (C=O) groups excluding carboxylic acids is 1. The number of benzene rings is 2. The molecule has 2 aromatic carbocycles. The standard InChI is InChI=1S/C23H26ClN3O/c24-18-9-7-17(8-10-18)20(21-16-26-22-6-2-1-5-19(21)22)15-23(28)25-11-14-27-12-3-4-13-27/h1-2,5-10,16,20,26H,3-4,11-15H2,(H,25,28)/t20-/m0/s1. The molecular formula is C23H26ClN3O. The first-order valence-corrected chi connectivity index (χ1v) is 10.4. The zero-order valence-electron chi connectivity index (χ0n) is 16.0. The Labute approximate surface area is 170 Å². The zero-order chi connectivity index (χ0) is 19.3. The van der Waals surface area contributed by atoms with E-state index in [1.165, 1.54) is 12.8 Å². The van der Waals surface area contributed by atoms with Gasteiger partial charge in [-0.3, -0.25) is 4.79 Å². The van der Waals surface area contributed by atoms with Crippen LogP contribution in [0.2, 0.25) is 5.02 Å². The number of para-hydroxylation sites is 1. The van der Waals surface area contributed by atoms with Crippen LogP contribution in [0.4, 0.5) is 0 Å². The van der Waals surface area contributed by atoms with E-state index in [-0.39, 0.29) is 11.8 Å². The van der Waals surface area contributed by atoms with Crippen LogP contribution in [0.5, 0.6) is 0 Å². The van der Waals surface area contributed by atoms with Crippen LogP contribution in [-0.4, -0.2) is 42.0 Å². The highest BCUT2D eigenvalue weighted by Crippen LogP contribution is 2.33. The van der Waals surface area contributed by atoms with Gasteiger partial charge in [-0.2, -0.15) is 0 Å². The molecule has 2 N–H and O–H groups in total. The van der Waals surface area contributed by atoms with Crippen molar-refractivity contribution in [3.05, 3.63) is 70.9 Å². The van der Waals surface area contributed by atoms with Gasteiger partial charge in [-0.1, -0.05) is 41.9 Å². The van der Waals surface area contributed by atoms with Crippen LogP contribution in [0.3, 0.4) is 0 Å². The third-order valence-corrected chi connectivity index (χ3v) is 5.86. The smallest absolute Gasteiger partial charge is 0.220 e. The summed E-state index contributed by atoms with van der Waals surface area (Å²) in [5.41, 5.74) is 3.34. The van der Waals surface area contributed by atoms with Crippen LogP contribution in [0.25, 0.3) is 10.9 Å². The fourth-order valence-corrected chi connectivity index (χ4v) is 4.23. The summed E-state index contributed by atoms with van der Waals surface area (Å²) in [5, 5.41) is 4.98. The first-order valence-electron chi connectivity index (χ1n) is 10.0. The number of nitrogens with one attached hydrogen (secondary N) is 2. The van der Waals surface area contributed by atoms with Crippen molar-refractivity contribution in [2.75, 3.05) is 26.2 Å². The Morgan fingerprint density at radius 2 is 1.86 bits per heavy atom. The van der Waals surface area contributed by atoms with E-state index in [1.807, 2.05) is 42.6 Å². The van der Waals surface area contributed by atoms with Crippen molar-refractivity contribution in [2.24, 2.45) is 0 Å². The van der Waals surface area contributed by atoms with E-state index in [4.69, 9.17) is 11.6 Å². The first kappa shape index (κ1) is 19.0. The van der Waals surface area contributed by atoms with Crippen LogP contribution in [-0.2, 0) is 4.79 Å². The van der Waals surface area contributed by atoms with E-state index in [1.54, 1.807) is 0 Å². The molecule has 3 aromatic rings. The van der Waals surface area contributed by atoms with Gasteiger partial charge in [0, 0.05) is 47.6 Å². The highest BCUT2D eigenvalue weighted by molar-refractivity contribution is 6.30. The molecule has 1 amide bonds. The Morgan fingerprint density at radius 3 is 2.64 bits per heavy atom. The maximum Gasteiger partial charge on any atom is 0.220 e. The molecule has 0 radical (unpaired) electrons. The minimum absolute atomic E-state index is 0.0137. The van der Waals surface area contributed by atoms with Crippen LogP contribution in [0.15, 0.2) is 54.7 Å². The lowest BCUT2D eigenvalue weighted by molar-refractivity contribution is -0.121. The third-order valence-electron chi connectivity index (χ3n) is 5.61. The molecule has 0 unspecified atom stereocenters. The monoisotopic (exact) mass is 395 g/mol. The van der Waals surface area contributed by atoms with E-state index < -0.39 is 0 Å². The van der Waals surface area contributed by atoms with Gasteiger partial charge in [-0.25, -0.2) is 0 Å². The molecule has 146 valence electrons. The van der Waals surface area contributed by atoms with Gasteiger partial charge in [-0.05, 0) is 55.3 Å². The highest BCUT2D eigenvalue weighted by atomic mass is 35.5. The first-order chi connectivity index (χ1) is 13.7. The Hall–Kier alpha value is -2.30. The molecule has 1 aromatic heterocycles. The lowest BCUT2D eigenvalue weighted by Crippen LogP contribution is -2.34. The van der Waals surface area contributed by atoms with Crippen molar-refractivity contribution in [1.29, 1.82) is 0 Å². The van der Waals surface area contributed by atoms with E-state index >= 15 is 0 Å². The maximum absolute atomic E-state index is 12.7. The summed E-state index contributed by atoms with van der Waals surface area (Å²) in [6.07, 6.45) is 4.99. The summed E-state index contributed by atoms with van der Waals surface area (Å²) < 4.78 is 0. The number of fused-ring (bicyclic) bond motifs is 1. The molecule has 0 saturated carbocycles. The van der Waals surface area contributed by atoms with Gasteiger partial charge in [0.2, 0.25) is 5.91 Å². The number of likely N-dealkylation sites (tertiary alicyclic amines) is 1. The molecule has 5 heteroatoms. The quantitative estimate of drug-likeness (QED) is 0.616. The Balaban J connectivity index is 1.51. The number of H-pyrrole nitrogens is 1. The van der Waals surface area contributed by atoms with Gasteiger partial charge in [0.1, 0.15) is 0 Å². The summed E-state index contributed by atoms with van der Waals surface area (Å²) in [4.78, 5) is 18.5. The molecule has 28 heavy (non-hydrogen) atoms. The fourth-order valence-electron chi connectivity index (χ4n) is 4.10. The molecule has 1 atom stereocenters. The van der Waals surface area contributed by atoms with Gasteiger partial charge in [0.05, 0.1) is 0 Å². The Morgan fingerprint density at radius 1 is 1.11 bits per heavy atom. The number of rotatable bonds is 7. The minimum Gasteiger partial charge on any atom is -0.361 e. The predicted octanol–water partition coefficient (Wildman–Crippen LogP) is 4.56. The summed E-state index contributed by atoms with van der Waals surface area (Å²) in [7, 11) is 0. The van der Waals surface area contributed by atoms with Crippen molar-refractivity contribution in [3.8, 4) is 0 Å². The summed E-state index contributed by atoms with van der Waals surface area (Å²) >= 11 is 6.08. The number of carbonyl (C=O) groups is 1. The van der Waals surface area contributed by atoms with E-state index in [2.05, 4.69) is 27.3 Å². The molecule has 1 aliphatic rings. The minimum atomic E-state index is -0.0137. The van der Waals surface area contributed by atoms with Crippen molar-refractivity contribution in [1.82, 2.24) is 15.2 Å². The highest BCUT2D eigenvalue weighted by Gasteiger charge is 2.21. The molecular weight excluding hydrogens is 370 g/mol. The molecule has 4 nitrogen and oxygen atoms in total. The number of halogens is 1. The second-order valence-electron chi connectivity index (χ2n) is 7.50. The third kappa shape index (κ3) is 4.40. The predicted molar refractivity (Wildman–Crippen MR) is 115 cm³/mol. The van der Waals surface area contributed by atoms with Crippen LogP contribution >= 0.6 is 11.6 Å². The topological polar surface area (TPSA) is 48.1 Å². The number of aromatic nitrogens is 1. The molecule has 0 aliphatic carbocycles. The second-order valence-corrected chi connectivity index (χ2v) is 7.93. The van der Waals surface area contributed by atoms with Crippen LogP contribution in [0, 0.1) is 0 Å². The summed E-state index contributed by atoms with van der Waals surface area (Å²) in [5.74, 6) is 0.0737. The van der Waals surface area contributed by atoms with Gasteiger partial charge in [-0.15, -0.1) is 0 Å². The number of aromatic amines is 1. The van der Waals surface area contributed by atoms with E-state index in [0.29, 0.717) is 18.0 Å². The van der Waals surface area contributed by atoms with Gasteiger partial charge >= 0.3 is 0 Å². The molecule has 0 bridgehead atoms. The zero-order valence-corrected chi connectivity index (χ0v) is 16.7. The molecule has 0 spiro atoms. The SMILES string of the molecule is O=C(C[C@@H](c1ccc(Cl)cc1)c1c[nH]c2ccccc12)NCCN1CCCC1. The van der Waals surface area contributed by atoms with Crippen molar-refractivity contribution in [2.45, 2.75) is 25.2 Å². The second kappa shape index (κ2) is 8.80. The van der Waals surface area contributed by atoms with Crippen LogP contribution in [0.1, 0.15) is 36.3 Å². The molecule has 1 saturated heterocycles. The summed E-state index contributed by atoms with van der Waals surface area (Å²) in [6.45, 7) is 3.95. The van der Waals surface area contributed by atoms with Crippen molar-refractivity contribution >= 4 is 28.4 Å². The normalized spacial score (nSPS) is 15.8.